The van der Waals surface area contributed by atoms with Gasteiger partial charge in [0.05, 0.1) is 20.7 Å². The van der Waals surface area contributed by atoms with Crippen LogP contribution in [0.3, 0.4) is 0 Å². The van der Waals surface area contributed by atoms with Crippen LogP contribution in [0.25, 0.3) is 10.2 Å². The van der Waals surface area contributed by atoms with Gasteiger partial charge in [-0.15, -0.1) is 0 Å². The number of anilines is 2. The lowest BCUT2D eigenvalue weighted by Crippen LogP contribution is -2.47. The molecule has 0 aliphatic carbocycles. The lowest BCUT2D eigenvalue weighted by Gasteiger charge is -2.39. The van der Waals surface area contributed by atoms with Crippen LogP contribution >= 0.6 is 34.9 Å². The van der Waals surface area contributed by atoms with Crippen LogP contribution in [0.1, 0.15) is 43.5 Å². The lowest BCUT2D eigenvalue weighted by atomic mass is 9.84. The van der Waals surface area contributed by atoms with Crippen molar-refractivity contribution in [2.75, 3.05) is 30.2 Å². The summed E-state index contributed by atoms with van der Waals surface area (Å²) in [6.07, 6.45) is 2.05. The number of rotatable bonds is 7. The fraction of sp³-hybridized carbons (Fsp3) is 0.417. The molecule has 33 heavy (non-hydrogen) atoms. The van der Waals surface area contributed by atoms with E-state index in [0.717, 1.165) is 32.4 Å². The Kier molecular flexibility index (Phi) is 7.38. The Morgan fingerprint density at radius 1 is 1.27 bits per heavy atom. The second-order valence-corrected chi connectivity index (χ2v) is 11.2. The molecule has 0 unspecified atom stereocenters. The molecule has 0 radical (unpaired) electrons. The van der Waals surface area contributed by atoms with E-state index in [-0.39, 0.29) is 5.91 Å². The first-order chi connectivity index (χ1) is 15.8. The molecule has 2 heterocycles. The molecule has 0 bridgehead atoms. The predicted molar refractivity (Wildman–Crippen MR) is 140 cm³/mol. The summed E-state index contributed by atoms with van der Waals surface area (Å²) in [5.74, 6) is 0.457. The Bertz CT molecular complexity index is 1130. The van der Waals surface area contributed by atoms with Crippen LogP contribution in [-0.4, -0.2) is 46.6 Å². The standard InChI is InChI=1S/C24H29ClN4O2S2/c1-15(2)14-24(31)8-10-29(11-9-24)22(30)16-4-6-18(7-5-16)28-33-20-13-17(25)12-19-21(20)27-23(26-3)32-19/h4-7,12-13,15,28,31H,8-11,14H2,1-3H3,(H,26,27). The Labute approximate surface area is 207 Å². The summed E-state index contributed by atoms with van der Waals surface area (Å²) in [5, 5.41) is 15.3. The second-order valence-electron chi connectivity index (χ2n) is 8.92. The Balaban J connectivity index is 1.38. The summed E-state index contributed by atoms with van der Waals surface area (Å²) in [6.45, 7) is 5.42. The number of thiazole rings is 1. The minimum Gasteiger partial charge on any atom is -0.390 e. The van der Waals surface area contributed by atoms with Crippen molar-refractivity contribution in [3.05, 3.63) is 47.0 Å². The van der Waals surface area contributed by atoms with Gasteiger partial charge in [-0.2, -0.15) is 0 Å². The first-order valence-corrected chi connectivity index (χ1v) is 13.1. The van der Waals surface area contributed by atoms with E-state index in [0.29, 0.717) is 42.4 Å². The molecule has 0 atom stereocenters. The number of nitrogens with one attached hydrogen (secondary N) is 2. The van der Waals surface area contributed by atoms with E-state index in [4.69, 9.17) is 11.6 Å². The van der Waals surface area contributed by atoms with Crippen LogP contribution < -0.4 is 10.0 Å². The van der Waals surface area contributed by atoms with Gasteiger partial charge in [-0.05, 0) is 73.5 Å². The number of likely N-dealkylation sites (tertiary alicyclic amines) is 1. The molecule has 6 nitrogen and oxygen atoms in total. The van der Waals surface area contributed by atoms with Crippen molar-refractivity contribution in [1.29, 1.82) is 0 Å². The normalized spacial score (nSPS) is 15.8. The van der Waals surface area contributed by atoms with Crippen LogP contribution in [0.5, 0.6) is 0 Å². The fourth-order valence-corrected chi connectivity index (χ4v) is 6.32. The van der Waals surface area contributed by atoms with Crippen molar-refractivity contribution in [1.82, 2.24) is 9.88 Å². The number of carbonyl (C=O) groups is 1. The third-order valence-electron chi connectivity index (χ3n) is 5.82. The first-order valence-electron chi connectivity index (χ1n) is 11.1. The topological polar surface area (TPSA) is 77.5 Å². The molecule has 1 amide bonds. The predicted octanol–water partition coefficient (Wildman–Crippen LogP) is 6.12. The van der Waals surface area contributed by atoms with Gasteiger partial charge in [-0.25, -0.2) is 4.98 Å². The van der Waals surface area contributed by atoms with Crippen molar-refractivity contribution in [2.24, 2.45) is 5.92 Å². The highest BCUT2D eigenvalue weighted by Crippen LogP contribution is 2.36. The Morgan fingerprint density at radius 3 is 2.61 bits per heavy atom. The van der Waals surface area contributed by atoms with E-state index < -0.39 is 5.60 Å². The summed E-state index contributed by atoms with van der Waals surface area (Å²) in [4.78, 5) is 20.3. The molecule has 9 heteroatoms. The number of aromatic nitrogens is 1. The largest absolute Gasteiger partial charge is 0.390 e. The number of amides is 1. The molecule has 0 spiro atoms. The molecule has 4 rings (SSSR count). The van der Waals surface area contributed by atoms with Crippen molar-refractivity contribution < 1.29 is 9.90 Å². The minimum atomic E-state index is -0.646. The molecule has 3 aromatic rings. The number of benzene rings is 2. The monoisotopic (exact) mass is 504 g/mol. The molecule has 3 N–H and O–H groups in total. The van der Waals surface area contributed by atoms with Gasteiger partial charge < -0.3 is 20.0 Å². The van der Waals surface area contributed by atoms with Crippen LogP contribution in [0.4, 0.5) is 10.8 Å². The van der Waals surface area contributed by atoms with Gasteiger partial charge in [0.15, 0.2) is 5.13 Å². The molecule has 176 valence electrons. The van der Waals surface area contributed by atoms with Crippen LogP contribution in [0, 0.1) is 5.92 Å². The van der Waals surface area contributed by atoms with Crippen LogP contribution in [0.2, 0.25) is 5.02 Å². The minimum absolute atomic E-state index is 0.0133. The molecule has 1 fully saturated rings. The van der Waals surface area contributed by atoms with Gasteiger partial charge in [0.25, 0.3) is 5.91 Å². The highest BCUT2D eigenvalue weighted by atomic mass is 35.5. The zero-order valence-corrected chi connectivity index (χ0v) is 21.4. The number of carbonyl (C=O) groups excluding carboxylic acids is 1. The van der Waals surface area contributed by atoms with E-state index in [1.807, 2.05) is 48.3 Å². The van der Waals surface area contributed by atoms with Crippen LogP contribution in [-0.2, 0) is 0 Å². The van der Waals surface area contributed by atoms with Gasteiger partial charge in [-0.1, -0.05) is 36.8 Å². The van der Waals surface area contributed by atoms with Gasteiger partial charge in [0.1, 0.15) is 0 Å². The molecule has 0 saturated carbocycles. The SMILES string of the molecule is CNc1nc2c(SNc3ccc(C(=O)N4CCC(O)(CC(C)C)CC4)cc3)cc(Cl)cc2s1. The lowest BCUT2D eigenvalue weighted by molar-refractivity contribution is -0.0311. The number of piperidine rings is 1. The molecular weight excluding hydrogens is 476 g/mol. The van der Waals surface area contributed by atoms with Crippen molar-refractivity contribution >= 4 is 61.8 Å². The maximum atomic E-state index is 12.9. The molecular formula is C24H29ClN4O2S2. The van der Waals surface area contributed by atoms with Gasteiger partial charge in [-0.3, -0.25) is 4.79 Å². The summed E-state index contributed by atoms with van der Waals surface area (Å²) < 4.78 is 4.35. The van der Waals surface area contributed by atoms with E-state index in [1.165, 1.54) is 11.9 Å². The third-order valence-corrected chi connectivity index (χ3v) is 7.93. The van der Waals surface area contributed by atoms with E-state index >= 15 is 0 Å². The van der Waals surface area contributed by atoms with Crippen molar-refractivity contribution in [2.45, 2.75) is 43.6 Å². The number of hydrogen-bond donors (Lipinski definition) is 3. The number of hydrogen-bond acceptors (Lipinski definition) is 7. The molecule has 1 aromatic heterocycles. The number of aliphatic hydroxyl groups is 1. The molecule has 1 saturated heterocycles. The maximum Gasteiger partial charge on any atom is 0.253 e. The van der Waals surface area contributed by atoms with Gasteiger partial charge in [0, 0.05) is 36.4 Å². The van der Waals surface area contributed by atoms with Gasteiger partial charge >= 0.3 is 0 Å². The van der Waals surface area contributed by atoms with Gasteiger partial charge in [0.2, 0.25) is 0 Å². The van der Waals surface area contributed by atoms with Crippen LogP contribution in [0.15, 0.2) is 41.3 Å². The Morgan fingerprint density at radius 2 is 1.97 bits per heavy atom. The number of halogens is 1. The highest BCUT2D eigenvalue weighted by Gasteiger charge is 2.34. The van der Waals surface area contributed by atoms with Crippen molar-refractivity contribution in [3.63, 3.8) is 0 Å². The fourth-order valence-electron chi connectivity index (χ4n) is 4.22. The van der Waals surface area contributed by atoms with Crippen molar-refractivity contribution in [3.8, 4) is 0 Å². The summed E-state index contributed by atoms with van der Waals surface area (Å²) >= 11 is 9.30. The number of nitrogens with zero attached hydrogens (tertiary/aromatic N) is 2. The Hall–Kier alpha value is -2.00. The second kappa shape index (κ2) is 10.1. The number of fused-ring (bicyclic) bond motifs is 1. The van der Waals surface area contributed by atoms with E-state index in [9.17, 15) is 9.90 Å². The van der Waals surface area contributed by atoms with E-state index in [2.05, 4.69) is 28.9 Å². The van der Waals surface area contributed by atoms with E-state index in [1.54, 1.807) is 11.3 Å². The highest BCUT2D eigenvalue weighted by molar-refractivity contribution is 8.00. The summed E-state index contributed by atoms with van der Waals surface area (Å²) in [5.41, 5.74) is 1.80. The summed E-state index contributed by atoms with van der Waals surface area (Å²) in [6, 6.07) is 11.3. The first kappa shape index (κ1) is 24.1. The zero-order valence-electron chi connectivity index (χ0n) is 19.0. The average Bonchev–Trinajstić information content (AvgIpc) is 3.20. The zero-order chi connectivity index (χ0) is 23.6. The third kappa shape index (κ3) is 5.74. The average molecular weight is 505 g/mol. The molecule has 1 aliphatic rings. The molecule has 1 aliphatic heterocycles. The summed E-state index contributed by atoms with van der Waals surface area (Å²) in [7, 11) is 1.85. The quantitative estimate of drug-likeness (QED) is 0.336. The smallest absolute Gasteiger partial charge is 0.253 e. The maximum absolute atomic E-state index is 12.9. The molecule has 2 aromatic carbocycles.